The van der Waals surface area contributed by atoms with Crippen molar-refractivity contribution in [3.05, 3.63) is 30.1 Å². The highest BCUT2D eigenvalue weighted by molar-refractivity contribution is 5.97. The molecule has 0 spiro atoms. The Bertz CT molecular complexity index is 863. The van der Waals surface area contributed by atoms with Crippen LogP contribution in [0.5, 0.6) is 0 Å². The van der Waals surface area contributed by atoms with Gasteiger partial charge in [-0.05, 0) is 26.0 Å². The van der Waals surface area contributed by atoms with E-state index >= 15 is 0 Å². The molecule has 0 saturated carbocycles. The molecule has 2 aromatic rings. The molecule has 8 nitrogen and oxygen atoms in total. The highest BCUT2D eigenvalue weighted by atomic mass is 19.4. The van der Waals surface area contributed by atoms with Gasteiger partial charge in [-0.15, -0.1) is 0 Å². The van der Waals surface area contributed by atoms with Crippen molar-refractivity contribution in [3.8, 4) is 0 Å². The number of para-hydroxylation sites is 2. The molecule has 1 heterocycles. The third-order valence-corrected chi connectivity index (χ3v) is 3.45. The van der Waals surface area contributed by atoms with Gasteiger partial charge in [0.05, 0.1) is 11.0 Å². The number of imide groups is 1. The minimum Gasteiger partial charge on any atom is -0.451 e. The van der Waals surface area contributed by atoms with Crippen molar-refractivity contribution in [2.75, 3.05) is 6.54 Å². The summed E-state index contributed by atoms with van der Waals surface area (Å²) in [6.07, 6.45) is -6.15. The number of hydrogen-bond donors (Lipinski definition) is 2. The van der Waals surface area contributed by atoms with E-state index in [-0.39, 0.29) is 17.6 Å². The number of fused-ring (bicyclic) bond motifs is 1. The van der Waals surface area contributed by atoms with Crippen LogP contribution in [0.1, 0.15) is 19.7 Å². The van der Waals surface area contributed by atoms with E-state index in [2.05, 4.69) is 10.3 Å². The van der Waals surface area contributed by atoms with Crippen LogP contribution in [0.4, 0.5) is 18.0 Å². The number of carbonyl (C=O) groups excluding carboxylic acids is 3. The Balaban J connectivity index is 2.14. The van der Waals surface area contributed by atoms with Gasteiger partial charge < -0.3 is 14.6 Å². The van der Waals surface area contributed by atoms with Gasteiger partial charge >= 0.3 is 18.2 Å². The van der Waals surface area contributed by atoms with Crippen molar-refractivity contribution in [2.45, 2.75) is 32.7 Å². The van der Waals surface area contributed by atoms with Gasteiger partial charge in [-0.3, -0.25) is 14.9 Å². The predicted octanol–water partition coefficient (Wildman–Crippen LogP) is 1.83. The molecule has 146 valence electrons. The van der Waals surface area contributed by atoms with Crippen molar-refractivity contribution < 1.29 is 32.3 Å². The lowest BCUT2D eigenvalue weighted by Crippen LogP contribution is -2.44. The predicted molar refractivity (Wildman–Crippen MR) is 87.5 cm³/mol. The van der Waals surface area contributed by atoms with Crippen molar-refractivity contribution in [3.63, 3.8) is 0 Å². The zero-order chi connectivity index (χ0) is 20.2. The fraction of sp³-hybridized carbons (Fsp3) is 0.375. The molecule has 0 aliphatic carbocycles. The minimum absolute atomic E-state index is 0.0691. The molecular weight excluding hydrogens is 369 g/mol. The maximum Gasteiger partial charge on any atom is 0.449 e. The molecule has 3 amide bonds. The highest BCUT2D eigenvalue weighted by Gasteiger charge is 2.38. The van der Waals surface area contributed by atoms with Crippen LogP contribution in [0, 0.1) is 0 Å². The number of esters is 1. The molecule has 0 aliphatic rings. The van der Waals surface area contributed by atoms with E-state index in [9.17, 15) is 27.6 Å². The first-order valence-corrected chi connectivity index (χ1v) is 7.94. The lowest BCUT2D eigenvalue weighted by molar-refractivity contribution is -0.157. The zero-order valence-electron chi connectivity index (χ0n) is 14.5. The summed E-state index contributed by atoms with van der Waals surface area (Å²) >= 11 is 0. The summed E-state index contributed by atoms with van der Waals surface area (Å²) in [6, 6.07) is 5.02. The number of imidazole rings is 1. The number of carbonyl (C=O) groups is 3. The van der Waals surface area contributed by atoms with E-state index in [0.717, 1.165) is 0 Å². The number of amides is 3. The van der Waals surface area contributed by atoms with Crippen LogP contribution in [-0.2, 0) is 27.0 Å². The first-order valence-electron chi connectivity index (χ1n) is 7.94. The van der Waals surface area contributed by atoms with E-state index in [1.165, 1.54) is 31.2 Å². The van der Waals surface area contributed by atoms with Crippen molar-refractivity contribution in [1.29, 1.82) is 0 Å². The summed E-state index contributed by atoms with van der Waals surface area (Å²) in [4.78, 5) is 38.6. The van der Waals surface area contributed by atoms with Crippen LogP contribution in [0.25, 0.3) is 11.0 Å². The second-order valence-electron chi connectivity index (χ2n) is 5.49. The van der Waals surface area contributed by atoms with E-state index in [1.54, 1.807) is 6.92 Å². The van der Waals surface area contributed by atoms with Crippen molar-refractivity contribution >= 4 is 28.9 Å². The molecule has 2 rings (SSSR count). The Morgan fingerprint density at radius 2 is 1.93 bits per heavy atom. The molecular formula is C16H17F3N4O4. The molecule has 0 aliphatic heterocycles. The van der Waals surface area contributed by atoms with Crippen molar-refractivity contribution in [2.24, 2.45) is 0 Å². The van der Waals surface area contributed by atoms with Crippen LogP contribution < -0.4 is 10.6 Å². The summed E-state index contributed by atoms with van der Waals surface area (Å²) in [6.45, 7) is 2.32. The van der Waals surface area contributed by atoms with Gasteiger partial charge in [0.2, 0.25) is 5.82 Å². The van der Waals surface area contributed by atoms with Gasteiger partial charge in [-0.1, -0.05) is 12.1 Å². The van der Waals surface area contributed by atoms with Crippen LogP contribution in [0.15, 0.2) is 24.3 Å². The van der Waals surface area contributed by atoms with Crippen molar-refractivity contribution in [1.82, 2.24) is 20.2 Å². The maximum absolute atomic E-state index is 13.2. The molecule has 0 saturated heterocycles. The Hall–Kier alpha value is -3.11. The van der Waals surface area contributed by atoms with Gasteiger partial charge in [0, 0.05) is 6.54 Å². The number of hydrogen-bond acceptors (Lipinski definition) is 5. The highest BCUT2D eigenvalue weighted by Crippen LogP contribution is 2.31. The quantitative estimate of drug-likeness (QED) is 0.764. The smallest absolute Gasteiger partial charge is 0.449 e. The number of benzene rings is 1. The largest absolute Gasteiger partial charge is 0.451 e. The van der Waals surface area contributed by atoms with Gasteiger partial charge in [0.1, 0.15) is 6.54 Å². The Morgan fingerprint density at radius 3 is 2.56 bits per heavy atom. The van der Waals surface area contributed by atoms with E-state index in [1.807, 2.05) is 5.32 Å². The monoisotopic (exact) mass is 386 g/mol. The Morgan fingerprint density at radius 1 is 1.26 bits per heavy atom. The molecule has 1 aromatic carbocycles. The minimum atomic E-state index is -4.78. The zero-order valence-corrected chi connectivity index (χ0v) is 14.5. The molecule has 1 unspecified atom stereocenters. The lowest BCUT2D eigenvalue weighted by Gasteiger charge is -2.15. The topological polar surface area (TPSA) is 102 Å². The molecule has 0 bridgehead atoms. The standard InChI is InChI=1S/C16H17F3N4O4/c1-3-20-15(26)22-13(25)9(2)27-12(24)8-23-11-7-5-4-6-10(11)21-14(23)16(17,18)19/h4-7,9H,3,8H2,1-2H3,(H2,20,22,25,26). The van der Waals surface area contributed by atoms with Crippen LogP contribution in [0.3, 0.4) is 0 Å². The molecule has 1 atom stereocenters. The van der Waals surface area contributed by atoms with Crippen LogP contribution in [0.2, 0.25) is 0 Å². The number of ether oxygens (including phenoxy) is 1. The summed E-state index contributed by atoms with van der Waals surface area (Å²) < 4.78 is 45.1. The van der Waals surface area contributed by atoms with Gasteiger partial charge in [-0.25, -0.2) is 9.78 Å². The van der Waals surface area contributed by atoms with Crippen LogP contribution >= 0.6 is 0 Å². The fourth-order valence-electron chi connectivity index (χ4n) is 2.29. The number of halogens is 3. The number of nitrogens with one attached hydrogen (secondary N) is 2. The second kappa shape index (κ2) is 8.06. The summed E-state index contributed by atoms with van der Waals surface area (Å²) in [7, 11) is 0. The van der Waals surface area contributed by atoms with Crippen LogP contribution in [-0.4, -0.2) is 40.1 Å². The van der Waals surface area contributed by atoms with Gasteiger partial charge in [0.25, 0.3) is 5.91 Å². The number of alkyl halides is 3. The van der Waals surface area contributed by atoms with E-state index in [0.29, 0.717) is 4.57 Å². The molecule has 0 radical (unpaired) electrons. The molecule has 2 N–H and O–H groups in total. The molecule has 11 heteroatoms. The summed E-state index contributed by atoms with van der Waals surface area (Å²) in [5.74, 6) is -3.23. The first-order chi connectivity index (χ1) is 12.6. The molecule has 27 heavy (non-hydrogen) atoms. The number of rotatable bonds is 5. The van der Waals surface area contributed by atoms with E-state index < -0.39 is 42.6 Å². The van der Waals surface area contributed by atoms with E-state index in [4.69, 9.17) is 4.74 Å². The first kappa shape index (κ1) is 20.2. The fourth-order valence-corrected chi connectivity index (χ4v) is 2.29. The SMILES string of the molecule is CCNC(=O)NC(=O)C(C)OC(=O)Cn1c(C(F)(F)F)nc2ccccc21. The Kier molecular flexibility index (Phi) is 6.03. The molecule has 1 aromatic heterocycles. The number of aromatic nitrogens is 2. The van der Waals surface area contributed by atoms with Gasteiger partial charge in [0.15, 0.2) is 6.10 Å². The third kappa shape index (κ3) is 4.96. The summed E-state index contributed by atoms with van der Waals surface area (Å²) in [5.41, 5.74) is 0.167. The average Bonchev–Trinajstić information content (AvgIpc) is 2.94. The maximum atomic E-state index is 13.2. The summed E-state index contributed by atoms with van der Waals surface area (Å²) in [5, 5.41) is 4.26. The number of urea groups is 1. The third-order valence-electron chi connectivity index (χ3n) is 3.45. The average molecular weight is 386 g/mol. The Labute approximate surface area is 151 Å². The second-order valence-corrected chi connectivity index (χ2v) is 5.49. The normalized spacial score (nSPS) is 12.5. The van der Waals surface area contributed by atoms with Gasteiger partial charge in [-0.2, -0.15) is 13.2 Å². The molecule has 0 fully saturated rings. The lowest BCUT2D eigenvalue weighted by atomic mass is 10.3. The number of nitrogens with zero attached hydrogens (tertiary/aromatic N) is 2.